The Morgan fingerprint density at radius 2 is 1.80 bits per heavy atom. The van der Waals surface area contributed by atoms with E-state index in [1.165, 1.54) is 18.4 Å². The number of aliphatic hydroxyl groups excluding tert-OH is 1. The van der Waals surface area contributed by atoms with Crippen molar-refractivity contribution in [3.05, 3.63) is 35.9 Å². The van der Waals surface area contributed by atoms with Crippen LogP contribution in [0.2, 0.25) is 0 Å². The van der Waals surface area contributed by atoms with Crippen molar-refractivity contribution >= 4 is 0 Å². The molecule has 1 rings (SSSR count). The fourth-order valence-electron chi connectivity index (χ4n) is 1.75. The molecule has 1 atom stereocenters. The Morgan fingerprint density at radius 1 is 1.07 bits per heavy atom. The van der Waals surface area contributed by atoms with Gasteiger partial charge in [0.1, 0.15) is 0 Å². The van der Waals surface area contributed by atoms with Crippen molar-refractivity contribution in [3.63, 3.8) is 0 Å². The molecule has 0 amide bonds. The molecular formula is C14H22O. The molecule has 0 radical (unpaired) electrons. The Balaban J connectivity index is 2.14. The van der Waals surface area contributed by atoms with Crippen LogP contribution in [0.4, 0.5) is 0 Å². The molecule has 0 aliphatic rings. The minimum absolute atomic E-state index is 0.114. The Labute approximate surface area is 93.1 Å². The van der Waals surface area contributed by atoms with Crippen molar-refractivity contribution in [3.8, 4) is 0 Å². The lowest BCUT2D eigenvalue weighted by atomic mass is 10.0. The van der Waals surface area contributed by atoms with Gasteiger partial charge in [-0.3, -0.25) is 0 Å². The summed E-state index contributed by atoms with van der Waals surface area (Å²) in [4.78, 5) is 0. The summed E-state index contributed by atoms with van der Waals surface area (Å²) in [5, 5.41) is 9.74. The third kappa shape index (κ3) is 5.58. The van der Waals surface area contributed by atoms with Crippen LogP contribution in [0, 0.1) is 0 Å². The molecule has 0 saturated heterocycles. The van der Waals surface area contributed by atoms with Crippen molar-refractivity contribution < 1.29 is 5.11 Å². The van der Waals surface area contributed by atoms with Crippen LogP contribution in [0.3, 0.4) is 0 Å². The first kappa shape index (κ1) is 12.3. The van der Waals surface area contributed by atoms with E-state index >= 15 is 0 Å². The first-order chi connectivity index (χ1) is 7.33. The molecule has 0 aromatic heterocycles. The fourth-order valence-corrected chi connectivity index (χ4v) is 1.75. The van der Waals surface area contributed by atoms with Crippen LogP contribution >= 0.6 is 0 Å². The topological polar surface area (TPSA) is 20.2 Å². The van der Waals surface area contributed by atoms with E-state index in [9.17, 15) is 5.11 Å². The lowest BCUT2D eigenvalue weighted by molar-refractivity contribution is 0.151. The zero-order valence-corrected chi connectivity index (χ0v) is 9.65. The van der Waals surface area contributed by atoms with Crippen LogP contribution in [0.25, 0.3) is 0 Å². The van der Waals surface area contributed by atoms with E-state index in [-0.39, 0.29) is 6.10 Å². The first-order valence-electron chi connectivity index (χ1n) is 6.05. The molecule has 15 heavy (non-hydrogen) atoms. The van der Waals surface area contributed by atoms with Crippen LogP contribution in [0.5, 0.6) is 0 Å². The third-order valence-electron chi connectivity index (χ3n) is 2.75. The summed E-state index contributed by atoms with van der Waals surface area (Å²) in [6.45, 7) is 2.19. The van der Waals surface area contributed by atoms with Crippen LogP contribution in [0.1, 0.15) is 44.6 Å². The van der Waals surface area contributed by atoms with Crippen LogP contribution < -0.4 is 0 Å². The molecule has 0 heterocycles. The van der Waals surface area contributed by atoms with E-state index in [1.807, 2.05) is 6.07 Å². The second-order valence-electron chi connectivity index (χ2n) is 4.17. The Hall–Kier alpha value is -0.820. The van der Waals surface area contributed by atoms with Crippen LogP contribution in [-0.4, -0.2) is 11.2 Å². The molecule has 0 bridgehead atoms. The third-order valence-corrected chi connectivity index (χ3v) is 2.75. The molecule has 1 aromatic rings. The van der Waals surface area contributed by atoms with Gasteiger partial charge in [-0.2, -0.15) is 0 Å². The summed E-state index contributed by atoms with van der Waals surface area (Å²) in [5.74, 6) is 0. The zero-order chi connectivity index (χ0) is 10.9. The maximum Gasteiger partial charge on any atom is 0.0543 e. The average Bonchev–Trinajstić information content (AvgIpc) is 2.28. The van der Waals surface area contributed by atoms with Crippen LogP contribution in [-0.2, 0) is 6.42 Å². The van der Waals surface area contributed by atoms with E-state index in [0.717, 1.165) is 25.7 Å². The number of aliphatic hydroxyl groups is 1. The highest BCUT2D eigenvalue weighted by molar-refractivity contribution is 5.14. The summed E-state index contributed by atoms with van der Waals surface area (Å²) in [6, 6.07) is 10.4. The summed E-state index contributed by atoms with van der Waals surface area (Å²) < 4.78 is 0. The highest BCUT2D eigenvalue weighted by atomic mass is 16.3. The minimum Gasteiger partial charge on any atom is -0.393 e. The molecule has 0 aliphatic heterocycles. The van der Waals surface area contributed by atoms with Gasteiger partial charge in [-0.15, -0.1) is 0 Å². The van der Waals surface area contributed by atoms with Gasteiger partial charge >= 0.3 is 0 Å². The first-order valence-corrected chi connectivity index (χ1v) is 6.05. The number of unbranched alkanes of at least 4 members (excludes halogenated alkanes) is 2. The molecular weight excluding hydrogens is 184 g/mol. The number of hydrogen-bond donors (Lipinski definition) is 1. The van der Waals surface area contributed by atoms with Crippen molar-refractivity contribution in [2.75, 3.05) is 0 Å². The normalized spacial score (nSPS) is 12.7. The quantitative estimate of drug-likeness (QED) is 0.676. The van der Waals surface area contributed by atoms with E-state index in [4.69, 9.17) is 0 Å². The monoisotopic (exact) mass is 206 g/mol. The number of hydrogen-bond acceptors (Lipinski definition) is 1. The lowest BCUT2D eigenvalue weighted by Crippen LogP contribution is -2.07. The van der Waals surface area contributed by atoms with E-state index < -0.39 is 0 Å². The van der Waals surface area contributed by atoms with Crippen molar-refractivity contribution in [2.24, 2.45) is 0 Å². The fraction of sp³-hybridized carbons (Fsp3) is 0.571. The smallest absolute Gasteiger partial charge is 0.0543 e. The number of rotatable bonds is 7. The number of benzene rings is 1. The standard InChI is InChI=1S/C14H22O/c1-2-3-5-10-14(15)12-11-13-8-6-4-7-9-13/h4,6-9,14-15H,2-3,5,10-12H2,1H3/t14-/m1/s1. The summed E-state index contributed by atoms with van der Waals surface area (Å²) in [5.41, 5.74) is 1.33. The molecule has 84 valence electrons. The highest BCUT2D eigenvalue weighted by Crippen LogP contribution is 2.10. The minimum atomic E-state index is -0.114. The van der Waals surface area contributed by atoms with Crippen molar-refractivity contribution in [1.82, 2.24) is 0 Å². The number of aryl methyl sites for hydroxylation is 1. The summed E-state index contributed by atoms with van der Waals surface area (Å²) >= 11 is 0. The van der Waals surface area contributed by atoms with Crippen molar-refractivity contribution in [1.29, 1.82) is 0 Å². The highest BCUT2D eigenvalue weighted by Gasteiger charge is 2.03. The van der Waals surface area contributed by atoms with Gasteiger partial charge in [-0.25, -0.2) is 0 Å². The van der Waals surface area contributed by atoms with Gasteiger partial charge < -0.3 is 5.11 Å². The maximum absolute atomic E-state index is 9.74. The molecule has 1 aromatic carbocycles. The molecule has 1 heteroatoms. The molecule has 0 saturated carbocycles. The predicted molar refractivity (Wildman–Crippen MR) is 64.9 cm³/mol. The van der Waals surface area contributed by atoms with Crippen molar-refractivity contribution in [2.45, 2.75) is 51.6 Å². The summed E-state index contributed by atoms with van der Waals surface area (Å²) in [7, 11) is 0. The average molecular weight is 206 g/mol. The van der Waals surface area contributed by atoms with Gasteiger partial charge in [-0.05, 0) is 24.8 Å². The van der Waals surface area contributed by atoms with Gasteiger partial charge in [0.25, 0.3) is 0 Å². The molecule has 0 aliphatic carbocycles. The van der Waals surface area contributed by atoms with Gasteiger partial charge in [0, 0.05) is 0 Å². The maximum atomic E-state index is 9.74. The largest absolute Gasteiger partial charge is 0.393 e. The second-order valence-corrected chi connectivity index (χ2v) is 4.17. The molecule has 0 fully saturated rings. The van der Waals surface area contributed by atoms with E-state index in [2.05, 4.69) is 31.2 Å². The Morgan fingerprint density at radius 3 is 2.47 bits per heavy atom. The van der Waals surface area contributed by atoms with Gasteiger partial charge in [-0.1, -0.05) is 56.5 Å². The molecule has 1 N–H and O–H groups in total. The Kier molecular flexibility index (Phi) is 6.10. The van der Waals surface area contributed by atoms with Gasteiger partial charge in [0.05, 0.1) is 6.10 Å². The van der Waals surface area contributed by atoms with Gasteiger partial charge in [0.2, 0.25) is 0 Å². The van der Waals surface area contributed by atoms with Crippen LogP contribution in [0.15, 0.2) is 30.3 Å². The summed E-state index contributed by atoms with van der Waals surface area (Å²) in [6.07, 6.45) is 6.36. The predicted octanol–water partition coefficient (Wildman–Crippen LogP) is 3.56. The zero-order valence-electron chi connectivity index (χ0n) is 9.65. The molecule has 0 spiro atoms. The lowest BCUT2D eigenvalue weighted by Gasteiger charge is -2.09. The molecule has 1 nitrogen and oxygen atoms in total. The van der Waals surface area contributed by atoms with E-state index in [0.29, 0.717) is 0 Å². The SMILES string of the molecule is CCCCC[C@@H](O)CCc1ccccc1. The van der Waals surface area contributed by atoms with Gasteiger partial charge in [0.15, 0.2) is 0 Å². The van der Waals surface area contributed by atoms with E-state index in [1.54, 1.807) is 0 Å². The second kappa shape index (κ2) is 7.47. The Bertz CT molecular complexity index is 243. The molecule has 0 unspecified atom stereocenters.